The first kappa shape index (κ1) is 13.0. The molecule has 1 saturated heterocycles. The number of imidazole rings is 1. The molecule has 1 unspecified atom stereocenters. The molecule has 0 spiro atoms. The highest BCUT2D eigenvalue weighted by atomic mass is 19.1. The number of halogens is 1. The van der Waals surface area contributed by atoms with Crippen LogP contribution in [0.1, 0.15) is 49.0 Å². The van der Waals surface area contributed by atoms with Crippen molar-refractivity contribution in [2.75, 3.05) is 6.54 Å². The SMILES string of the molecule is Fc1ccc(C2CCCN2Cc2cncn2C2CC2)cc1. The Kier molecular flexibility index (Phi) is 3.26. The number of likely N-dealkylation sites (tertiary alicyclic amines) is 1. The molecule has 2 aromatic rings. The van der Waals surface area contributed by atoms with Gasteiger partial charge in [-0.05, 0) is 49.9 Å². The standard InChI is InChI=1S/C17H20FN3/c18-14-5-3-13(4-6-14)17-2-1-9-20(17)11-16-10-19-12-21(16)15-7-8-15/h3-6,10,12,15,17H,1-2,7-9,11H2. The molecule has 0 N–H and O–H groups in total. The minimum atomic E-state index is -0.157. The molecule has 0 amide bonds. The third kappa shape index (κ3) is 2.60. The molecule has 4 heteroatoms. The average molecular weight is 285 g/mol. The van der Waals surface area contributed by atoms with Crippen molar-refractivity contribution in [3.63, 3.8) is 0 Å². The first-order valence-corrected chi connectivity index (χ1v) is 7.81. The Labute approximate surface area is 124 Å². The molecule has 1 aliphatic heterocycles. The van der Waals surface area contributed by atoms with Crippen LogP contribution in [0, 0.1) is 5.82 Å². The molecule has 0 radical (unpaired) electrons. The smallest absolute Gasteiger partial charge is 0.123 e. The lowest BCUT2D eigenvalue weighted by Crippen LogP contribution is -2.24. The van der Waals surface area contributed by atoms with E-state index in [-0.39, 0.29) is 5.82 Å². The van der Waals surface area contributed by atoms with Crippen LogP contribution < -0.4 is 0 Å². The molecule has 21 heavy (non-hydrogen) atoms. The van der Waals surface area contributed by atoms with Gasteiger partial charge in [0.15, 0.2) is 0 Å². The number of benzene rings is 1. The van der Waals surface area contributed by atoms with Crippen molar-refractivity contribution in [2.24, 2.45) is 0 Å². The van der Waals surface area contributed by atoms with E-state index >= 15 is 0 Å². The van der Waals surface area contributed by atoms with Crippen LogP contribution in [0.5, 0.6) is 0 Å². The predicted octanol–water partition coefficient (Wildman–Crippen LogP) is 3.69. The summed E-state index contributed by atoms with van der Waals surface area (Å²) in [6.07, 6.45) is 8.90. The summed E-state index contributed by atoms with van der Waals surface area (Å²) in [6.45, 7) is 2.05. The first-order chi connectivity index (χ1) is 10.3. The molecule has 1 aromatic carbocycles. The van der Waals surface area contributed by atoms with Crippen LogP contribution in [0.25, 0.3) is 0 Å². The van der Waals surface area contributed by atoms with Gasteiger partial charge in [0.2, 0.25) is 0 Å². The monoisotopic (exact) mass is 285 g/mol. The maximum absolute atomic E-state index is 13.1. The highest BCUT2D eigenvalue weighted by Gasteiger charge is 2.29. The van der Waals surface area contributed by atoms with Gasteiger partial charge in [-0.15, -0.1) is 0 Å². The fourth-order valence-electron chi connectivity index (χ4n) is 3.42. The molecule has 2 aliphatic rings. The van der Waals surface area contributed by atoms with Crippen LogP contribution in [-0.2, 0) is 6.54 Å². The number of rotatable bonds is 4. The van der Waals surface area contributed by atoms with Gasteiger partial charge in [0.25, 0.3) is 0 Å². The molecule has 3 nitrogen and oxygen atoms in total. The molecule has 0 bridgehead atoms. The largest absolute Gasteiger partial charge is 0.330 e. The van der Waals surface area contributed by atoms with E-state index in [1.807, 2.05) is 24.7 Å². The van der Waals surface area contributed by atoms with Gasteiger partial charge in [-0.2, -0.15) is 0 Å². The van der Waals surface area contributed by atoms with Crippen molar-refractivity contribution in [1.29, 1.82) is 0 Å². The molecule has 1 atom stereocenters. The topological polar surface area (TPSA) is 21.1 Å². The summed E-state index contributed by atoms with van der Waals surface area (Å²) >= 11 is 0. The fourth-order valence-corrected chi connectivity index (χ4v) is 3.42. The Morgan fingerprint density at radius 2 is 1.95 bits per heavy atom. The van der Waals surface area contributed by atoms with E-state index in [0.717, 1.165) is 19.5 Å². The van der Waals surface area contributed by atoms with Crippen LogP contribution in [0.2, 0.25) is 0 Å². The van der Waals surface area contributed by atoms with E-state index in [2.05, 4.69) is 14.5 Å². The van der Waals surface area contributed by atoms with Crippen molar-refractivity contribution in [3.8, 4) is 0 Å². The lowest BCUT2D eigenvalue weighted by atomic mass is 10.0. The van der Waals surface area contributed by atoms with Gasteiger partial charge in [0.1, 0.15) is 5.82 Å². The molecule has 1 aromatic heterocycles. The maximum atomic E-state index is 13.1. The van der Waals surface area contributed by atoms with E-state index in [9.17, 15) is 4.39 Å². The maximum Gasteiger partial charge on any atom is 0.123 e. The summed E-state index contributed by atoms with van der Waals surface area (Å²) in [5.74, 6) is -0.157. The zero-order chi connectivity index (χ0) is 14.2. The highest BCUT2D eigenvalue weighted by molar-refractivity contribution is 5.21. The van der Waals surface area contributed by atoms with Gasteiger partial charge in [-0.25, -0.2) is 9.37 Å². The van der Waals surface area contributed by atoms with Gasteiger partial charge < -0.3 is 4.57 Å². The fraction of sp³-hybridized carbons (Fsp3) is 0.471. The van der Waals surface area contributed by atoms with Crippen molar-refractivity contribution < 1.29 is 4.39 Å². The second kappa shape index (κ2) is 5.26. The normalized spacial score (nSPS) is 22.8. The van der Waals surface area contributed by atoms with Crippen LogP contribution in [0.3, 0.4) is 0 Å². The Bertz CT molecular complexity index is 615. The van der Waals surface area contributed by atoms with E-state index in [4.69, 9.17) is 0 Å². The minimum Gasteiger partial charge on any atom is -0.330 e. The van der Waals surface area contributed by atoms with Gasteiger partial charge in [0.05, 0.1) is 12.0 Å². The molecular weight excluding hydrogens is 265 g/mol. The quantitative estimate of drug-likeness (QED) is 0.854. The van der Waals surface area contributed by atoms with Crippen LogP contribution in [0.4, 0.5) is 4.39 Å². The second-order valence-electron chi connectivity index (χ2n) is 6.20. The summed E-state index contributed by atoms with van der Waals surface area (Å²) in [7, 11) is 0. The lowest BCUT2D eigenvalue weighted by molar-refractivity contribution is 0.242. The number of aromatic nitrogens is 2. The Hall–Kier alpha value is -1.68. The summed E-state index contributed by atoms with van der Waals surface area (Å²) < 4.78 is 15.4. The molecular formula is C17H20FN3. The van der Waals surface area contributed by atoms with E-state index < -0.39 is 0 Å². The third-order valence-electron chi connectivity index (χ3n) is 4.67. The van der Waals surface area contributed by atoms with Crippen LogP contribution in [0.15, 0.2) is 36.8 Å². The summed E-state index contributed by atoms with van der Waals surface area (Å²) in [4.78, 5) is 6.82. The van der Waals surface area contributed by atoms with E-state index in [1.54, 1.807) is 12.1 Å². The molecule has 110 valence electrons. The molecule has 1 saturated carbocycles. The Morgan fingerprint density at radius 3 is 2.71 bits per heavy atom. The van der Waals surface area contributed by atoms with Crippen molar-refractivity contribution in [3.05, 3.63) is 53.9 Å². The number of hydrogen-bond donors (Lipinski definition) is 0. The average Bonchev–Trinajstić information content (AvgIpc) is 3.06. The summed E-state index contributed by atoms with van der Waals surface area (Å²) in [5, 5.41) is 0. The van der Waals surface area contributed by atoms with Crippen molar-refractivity contribution in [2.45, 2.75) is 44.3 Å². The lowest BCUT2D eigenvalue weighted by Gasteiger charge is -2.25. The van der Waals surface area contributed by atoms with Crippen molar-refractivity contribution in [1.82, 2.24) is 14.5 Å². The summed E-state index contributed by atoms with van der Waals surface area (Å²) in [5.41, 5.74) is 2.54. The van der Waals surface area contributed by atoms with E-state index in [1.165, 1.54) is 30.5 Å². The zero-order valence-corrected chi connectivity index (χ0v) is 12.1. The second-order valence-corrected chi connectivity index (χ2v) is 6.20. The van der Waals surface area contributed by atoms with E-state index in [0.29, 0.717) is 12.1 Å². The Balaban J connectivity index is 1.53. The zero-order valence-electron chi connectivity index (χ0n) is 12.1. The molecule has 1 aliphatic carbocycles. The van der Waals surface area contributed by atoms with Crippen molar-refractivity contribution >= 4 is 0 Å². The van der Waals surface area contributed by atoms with Crippen LogP contribution >= 0.6 is 0 Å². The highest BCUT2D eigenvalue weighted by Crippen LogP contribution is 2.37. The Morgan fingerprint density at radius 1 is 1.14 bits per heavy atom. The van der Waals surface area contributed by atoms with Crippen LogP contribution in [-0.4, -0.2) is 21.0 Å². The number of nitrogens with zero attached hydrogens (tertiary/aromatic N) is 3. The first-order valence-electron chi connectivity index (χ1n) is 7.81. The third-order valence-corrected chi connectivity index (χ3v) is 4.67. The molecule has 4 rings (SSSR count). The number of hydrogen-bond acceptors (Lipinski definition) is 2. The van der Waals surface area contributed by atoms with Gasteiger partial charge in [-0.3, -0.25) is 4.90 Å². The van der Waals surface area contributed by atoms with Gasteiger partial charge in [0, 0.05) is 24.8 Å². The molecule has 2 fully saturated rings. The predicted molar refractivity (Wildman–Crippen MR) is 79.3 cm³/mol. The summed E-state index contributed by atoms with van der Waals surface area (Å²) in [6, 6.07) is 8.08. The van der Waals surface area contributed by atoms with Gasteiger partial charge >= 0.3 is 0 Å². The molecule has 2 heterocycles. The van der Waals surface area contributed by atoms with Gasteiger partial charge in [-0.1, -0.05) is 12.1 Å². The minimum absolute atomic E-state index is 0.157.